The van der Waals surface area contributed by atoms with Crippen molar-refractivity contribution in [1.82, 2.24) is 10.3 Å². The molecule has 1 aromatic carbocycles. The third-order valence-corrected chi connectivity index (χ3v) is 6.79. The minimum absolute atomic E-state index is 0.0000624. The number of aliphatic imine (C=N–C) groups is 1. The van der Waals surface area contributed by atoms with E-state index in [1.807, 2.05) is 12.1 Å². The molecule has 3 rings (SSSR count). The van der Waals surface area contributed by atoms with Crippen molar-refractivity contribution in [3.63, 3.8) is 0 Å². The Hall–Kier alpha value is -4.74. The van der Waals surface area contributed by atoms with Crippen LogP contribution >= 0.6 is 0 Å². The summed E-state index contributed by atoms with van der Waals surface area (Å²) in [4.78, 5) is 45.6. The number of benzene rings is 1. The second-order valence-electron chi connectivity index (χ2n) is 12.6. The summed E-state index contributed by atoms with van der Waals surface area (Å²) in [6.45, 7) is 9.65. The van der Waals surface area contributed by atoms with Gasteiger partial charge >= 0.3 is 18.0 Å². The van der Waals surface area contributed by atoms with Gasteiger partial charge in [-0.15, -0.1) is 0 Å². The molecule has 0 spiro atoms. The van der Waals surface area contributed by atoms with Crippen molar-refractivity contribution in [3.8, 4) is 6.07 Å². The van der Waals surface area contributed by atoms with E-state index in [9.17, 15) is 24.8 Å². The van der Waals surface area contributed by atoms with Crippen molar-refractivity contribution in [2.45, 2.75) is 83.5 Å². The van der Waals surface area contributed by atoms with Crippen LogP contribution in [0.2, 0.25) is 0 Å². The van der Waals surface area contributed by atoms with Gasteiger partial charge in [0.05, 0.1) is 12.1 Å². The van der Waals surface area contributed by atoms with Gasteiger partial charge < -0.3 is 40.1 Å². The lowest BCUT2D eigenvalue weighted by Crippen LogP contribution is -2.53. The molecule has 5 atom stereocenters. The quantitative estimate of drug-likeness (QED) is 0.107. The van der Waals surface area contributed by atoms with E-state index in [4.69, 9.17) is 30.1 Å². The van der Waals surface area contributed by atoms with Crippen molar-refractivity contribution < 1.29 is 43.8 Å². The second kappa shape index (κ2) is 13.9. The molecule has 0 unspecified atom stereocenters. The number of H-pyrrole nitrogens is 1. The normalized spacial score (nSPS) is 22.5. The highest BCUT2D eigenvalue weighted by Gasteiger charge is 2.60. The summed E-state index contributed by atoms with van der Waals surface area (Å²) in [6.07, 6.45) is -4.50. The molecule has 242 valence electrons. The number of nitrogens with two attached hydrogens (primary N) is 2. The Balaban J connectivity index is 1.93. The Morgan fingerprint density at radius 3 is 2.44 bits per heavy atom. The predicted molar refractivity (Wildman–Crippen MR) is 161 cm³/mol. The van der Waals surface area contributed by atoms with E-state index in [2.05, 4.69) is 15.3 Å². The first-order valence-electron chi connectivity index (χ1n) is 14.2. The number of carbonyl (C=O) groups excluding carboxylic acids is 3. The van der Waals surface area contributed by atoms with Crippen molar-refractivity contribution in [1.29, 1.82) is 5.26 Å². The number of aromatic amines is 1. The van der Waals surface area contributed by atoms with E-state index in [-0.39, 0.29) is 23.6 Å². The van der Waals surface area contributed by atoms with Gasteiger partial charge in [0.1, 0.15) is 42.2 Å². The van der Waals surface area contributed by atoms with Crippen LogP contribution in [0, 0.1) is 16.7 Å². The minimum Gasteiger partial charge on any atom is -0.463 e. The number of amidine groups is 1. The van der Waals surface area contributed by atoms with Gasteiger partial charge in [-0.1, -0.05) is 51.1 Å². The van der Waals surface area contributed by atoms with Crippen LogP contribution in [0.1, 0.15) is 58.5 Å². The van der Waals surface area contributed by atoms with Gasteiger partial charge in [0.25, 0.3) is 12.2 Å². The zero-order valence-electron chi connectivity index (χ0n) is 26.2. The number of aliphatic hydroxyl groups excluding tert-OH is 1. The van der Waals surface area contributed by atoms with E-state index < -0.39 is 65.6 Å². The van der Waals surface area contributed by atoms with Gasteiger partial charge in [0.15, 0.2) is 6.10 Å². The molecule has 2 aromatic rings. The maximum absolute atomic E-state index is 13.6. The summed E-state index contributed by atoms with van der Waals surface area (Å²) in [5, 5.41) is 29.8. The van der Waals surface area contributed by atoms with Crippen molar-refractivity contribution >= 4 is 30.2 Å². The molecule has 1 amide bonds. The fraction of sp³-hybridized carbons (Fsp3) is 0.484. The summed E-state index contributed by atoms with van der Waals surface area (Å²) in [5.74, 6) is -1.54. The van der Waals surface area contributed by atoms with Crippen LogP contribution in [0.3, 0.4) is 0 Å². The molecule has 2 heterocycles. The number of esters is 2. The third kappa shape index (κ3) is 8.68. The highest BCUT2D eigenvalue weighted by Crippen LogP contribution is 2.41. The lowest BCUT2D eigenvalue weighted by molar-refractivity contribution is -0.164. The largest absolute Gasteiger partial charge is 0.463 e. The lowest BCUT2D eigenvalue weighted by atomic mass is 9.86. The van der Waals surface area contributed by atoms with Crippen LogP contribution < -0.4 is 16.5 Å². The summed E-state index contributed by atoms with van der Waals surface area (Å²) >= 11 is 0. The van der Waals surface area contributed by atoms with Crippen LogP contribution in [0.25, 0.3) is 0 Å². The first-order valence-corrected chi connectivity index (χ1v) is 14.2. The molecule has 1 aliphatic heterocycles. The summed E-state index contributed by atoms with van der Waals surface area (Å²) in [6, 6.07) is 12.6. The molecule has 7 N–H and O–H groups in total. The van der Waals surface area contributed by atoms with Gasteiger partial charge in [-0.3, -0.25) is 10.2 Å². The molecule has 14 heteroatoms. The highest BCUT2D eigenvalue weighted by atomic mass is 16.6. The van der Waals surface area contributed by atoms with Crippen LogP contribution in [0.5, 0.6) is 0 Å². The Bertz CT molecular complexity index is 1450. The first-order chi connectivity index (χ1) is 21.0. The molecule has 1 aliphatic rings. The van der Waals surface area contributed by atoms with Crippen molar-refractivity contribution in [3.05, 3.63) is 59.4 Å². The van der Waals surface area contributed by atoms with Crippen LogP contribution in [-0.4, -0.2) is 76.9 Å². The highest BCUT2D eigenvalue weighted by molar-refractivity contribution is 5.99. The smallest absolute Gasteiger partial charge is 0.408 e. The number of carbonyl (C=O) groups is 3. The Morgan fingerprint density at radius 1 is 1.20 bits per heavy atom. The molecule has 1 aromatic heterocycles. The summed E-state index contributed by atoms with van der Waals surface area (Å²) < 4.78 is 22.6. The zero-order valence-corrected chi connectivity index (χ0v) is 26.2. The summed E-state index contributed by atoms with van der Waals surface area (Å²) in [5.41, 5.74) is 3.14. The Kier molecular flexibility index (Phi) is 10.7. The monoisotopic (exact) mass is 625 g/mol. The van der Waals surface area contributed by atoms with Crippen LogP contribution in [-0.2, 0) is 40.6 Å². The van der Waals surface area contributed by atoms with E-state index >= 15 is 0 Å². The summed E-state index contributed by atoms with van der Waals surface area (Å²) in [7, 11) is 0. The number of rotatable bonds is 10. The van der Waals surface area contributed by atoms with E-state index in [1.54, 1.807) is 65.8 Å². The number of amides is 1. The van der Waals surface area contributed by atoms with Gasteiger partial charge in [-0.2, -0.15) is 5.26 Å². The van der Waals surface area contributed by atoms with Crippen LogP contribution in [0.4, 0.5) is 4.79 Å². The molecule has 0 radical (unpaired) electrons. The number of aromatic nitrogens is 1. The fourth-order valence-electron chi connectivity index (χ4n) is 4.61. The Labute approximate surface area is 261 Å². The van der Waals surface area contributed by atoms with Crippen molar-refractivity contribution in [2.75, 3.05) is 6.61 Å². The molecule has 45 heavy (non-hydrogen) atoms. The van der Waals surface area contributed by atoms with Gasteiger partial charge in [-0.25, -0.2) is 9.59 Å². The molecule has 0 aliphatic carbocycles. The maximum atomic E-state index is 13.6. The minimum atomic E-state index is -2.11. The first kappa shape index (κ1) is 34.7. The van der Waals surface area contributed by atoms with Crippen molar-refractivity contribution in [2.24, 2.45) is 16.1 Å². The zero-order chi connectivity index (χ0) is 33.6. The van der Waals surface area contributed by atoms with E-state index in [0.29, 0.717) is 5.56 Å². The molecular formula is C31H41N6O8+. The van der Waals surface area contributed by atoms with Gasteiger partial charge in [0.2, 0.25) is 5.60 Å². The second-order valence-corrected chi connectivity index (χ2v) is 12.6. The molecule has 1 fully saturated rings. The molecule has 14 nitrogen and oxygen atoms in total. The number of alkyl carbamates (subject to hydrolysis) is 1. The number of nitrogens with one attached hydrogen (secondary N) is 2. The predicted octanol–water partition coefficient (Wildman–Crippen LogP) is 0.623. The number of hydrogen-bond donors (Lipinski definition) is 5. The third-order valence-electron chi connectivity index (χ3n) is 6.79. The molecule has 0 bridgehead atoms. The number of nitriles is 1. The molecular weight excluding hydrogens is 584 g/mol. The molecule has 1 saturated heterocycles. The van der Waals surface area contributed by atoms with E-state index in [0.717, 1.165) is 6.34 Å². The van der Waals surface area contributed by atoms with E-state index in [1.165, 1.54) is 12.1 Å². The maximum Gasteiger partial charge on any atom is 0.408 e. The molecule has 0 saturated carbocycles. The van der Waals surface area contributed by atoms with Gasteiger partial charge in [-0.05, 0) is 48.9 Å². The fourth-order valence-corrected chi connectivity index (χ4v) is 4.61. The average molecular weight is 626 g/mol. The Morgan fingerprint density at radius 2 is 1.87 bits per heavy atom. The average Bonchev–Trinajstić information content (AvgIpc) is 3.54. The SMILES string of the molecule is CC(C)(C)OC(=O)N[C@H](C(=O)O[C@H]1[C@@H](O)[C@](C#N)(c2ccc(C(N)=NC=[NH2+])[nH]2)O[C@@H]1COC(=O)Cc1ccccc1)C(C)(C)C. The lowest BCUT2D eigenvalue weighted by Gasteiger charge is -2.32. The number of hydrogen-bond acceptors (Lipinski definition) is 9. The number of aliphatic hydroxyl groups is 1. The van der Waals surface area contributed by atoms with Gasteiger partial charge in [0, 0.05) is 0 Å². The standard InChI is InChI=1S/C31H40N6O8/c1-29(2,3)24(37-28(41)45-30(4,5)6)27(40)43-23-20(15-42-22(38)14-18-10-8-7-9-11-18)44-31(16-32,25(23)39)21-13-12-19(36-21)26(34)35-17-33/h7-13,17,20,23-25,36,39H,14-15H2,1-6H3,(H,37,41)(H3,33,34,35)/p+1/t20-,23-,24-,25-,31+/m1/s1. The van der Waals surface area contributed by atoms with Crippen LogP contribution in [0.15, 0.2) is 47.5 Å². The number of ether oxygens (including phenoxy) is 4. The topological polar surface area (TPSA) is 224 Å². The number of nitrogens with zero attached hydrogens (tertiary/aromatic N) is 2.